The molecule has 0 fully saturated rings. The Balaban J connectivity index is 2.18. The van der Waals surface area contributed by atoms with E-state index in [1.165, 1.54) is 6.33 Å². The van der Waals surface area contributed by atoms with Crippen molar-refractivity contribution in [2.75, 3.05) is 6.61 Å². The van der Waals surface area contributed by atoms with Crippen molar-refractivity contribution in [2.45, 2.75) is 26.3 Å². The molecule has 0 aromatic carbocycles. The van der Waals surface area contributed by atoms with Crippen LogP contribution in [0.5, 0.6) is 0 Å². The summed E-state index contributed by atoms with van der Waals surface area (Å²) in [7, 11) is 0. The lowest BCUT2D eigenvalue weighted by Crippen LogP contribution is -2.06. The molecule has 0 radical (unpaired) electrons. The summed E-state index contributed by atoms with van der Waals surface area (Å²) >= 11 is 5.52. The summed E-state index contributed by atoms with van der Waals surface area (Å²) in [6.07, 6.45) is 2.61. The Kier molecular flexibility index (Phi) is 4.39. The predicted molar refractivity (Wildman–Crippen MR) is 50.9 cm³/mol. The Hall–Kier alpha value is -1.10. The van der Waals surface area contributed by atoms with Crippen molar-refractivity contribution >= 4 is 17.6 Å². The van der Waals surface area contributed by atoms with Gasteiger partial charge in [0, 0.05) is 13.0 Å². The van der Waals surface area contributed by atoms with Crippen LogP contribution in [-0.2, 0) is 16.1 Å². The summed E-state index contributed by atoms with van der Waals surface area (Å²) in [5.41, 5.74) is 0. The van der Waals surface area contributed by atoms with Gasteiger partial charge in [-0.05, 0) is 24.9 Å². The second kappa shape index (κ2) is 5.59. The van der Waals surface area contributed by atoms with Crippen LogP contribution in [0.4, 0.5) is 0 Å². The highest BCUT2D eigenvalue weighted by Gasteiger charge is 2.02. The average molecular weight is 218 g/mol. The minimum Gasteiger partial charge on any atom is -0.466 e. The molecule has 0 spiro atoms. The summed E-state index contributed by atoms with van der Waals surface area (Å²) in [4.78, 5) is 14.7. The Morgan fingerprint density at radius 2 is 2.50 bits per heavy atom. The molecule has 0 atom stereocenters. The number of esters is 1. The number of ether oxygens (including phenoxy) is 1. The Labute approximate surface area is 87.0 Å². The number of aryl methyl sites for hydroxylation is 1. The van der Waals surface area contributed by atoms with E-state index in [1.54, 1.807) is 11.6 Å². The van der Waals surface area contributed by atoms with Crippen LogP contribution in [0.3, 0.4) is 0 Å². The van der Waals surface area contributed by atoms with Crippen molar-refractivity contribution < 1.29 is 9.53 Å². The van der Waals surface area contributed by atoms with Crippen LogP contribution in [0.1, 0.15) is 19.8 Å². The first kappa shape index (κ1) is 11.0. The molecule has 5 nitrogen and oxygen atoms in total. The van der Waals surface area contributed by atoms with Gasteiger partial charge in [0.25, 0.3) is 0 Å². The smallest absolute Gasteiger partial charge is 0.305 e. The highest BCUT2D eigenvalue weighted by Crippen LogP contribution is 2.00. The molecule has 0 aliphatic heterocycles. The quantitative estimate of drug-likeness (QED) is 0.697. The van der Waals surface area contributed by atoms with Gasteiger partial charge < -0.3 is 4.74 Å². The second-order valence-corrected chi connectivity index (χ2v) is 3.02. The molecule has 0 aliphatic rings. The zero-order valence-corrected chi connectivity index (χ0v) is 8.70. The normalized spacial score (nSPS) is 10.1. The lowest BCUT2D eigenvalue weighted by atomic mass is 10.3. The van der Waals surface area contributed by atoms with Crippen LogP contribution in [0.15, 0.2) is 6.33 Å². The van der Waals surface area contributed by atoms with Crippen LogP contribution in [-0.4, -0.2) is 27.3 Å². The molecule has 1 aromatic heterocycles. The lowest BCUT2D eigenvalue weighted by Gasteiger charge is -2.01. The Morgan fingerprint density at radius 1 is 1.71 bits per heavy atom. The van der Waals surface area contributed by atoms with Gasteiger partial charge >= 0.3 is 5.97 Å². The molecule has 1 rings (SSSR count). The number of aromatic nitrogens is 3. The highest BCUT2D eigenvalue weighted by atomic mass is 35.5. The van der Waals surface area contributed by atoms with Crippen LogP contribution in [0, 0.1) is 0 Å². The first-order valence-electron chi connectivity index (χ1n) is 4.43. The third-order valence-corrected chi connectivity index (χ3v) is 1.76. The molecule has 0 saturated heterocycles. The standard InChI is InChI=1S/C8H12ClN3O2/c1-2-14-7(13)4-3-5-12-6-10-8(9)11-12/h6H,2-5H2,1H3. The summed E-state index contributed by atoms with van der Waals surface area (Å²) in [5, 5.41) is 4.10. The number of hydrogen-bond acceptors (Lipinski definition) is 4. The minimum atomic E-state index is -0.182. The number of rotatable bonds is 5. The maximum atomic E-state index is 10.9. The number of nitrogens with zero attached hydrogens (tertiary/aromatic N) is 3. The molecule has 0 saturated carbocycles. The van der Waals surface area contributed by atoms with Crippen molar-refractivity contribution in [2.24, 2.45) is 0 Å². The molecule has 78 valence electrons. The summed E-state index contributed by atoms with van der Waals surface area (Å²) in [6, 6.07) is 0. The third-order valence-electron chi connectivity index (χ3n) is 1.58. The van der Waals surface area contributed by atoms with E-state index in [0.717, 1.165) is 0 Å². The average Bonchev–Trinajstić information content (AvgIpc) is 2.52. The third kappa shape index (κ3) is 3.74. The maximum Gasteiger partial charge on any atom is 0.305 e. The molecule has 0 N–H and O–H groups in total. The van der Waals surface area contributed by atoms with Gasteiger partial charge in [0.15, 0.2) is 0 Å². The van der Waals surface area contributed by atoms with Crippen molar-refractivity contribution in [3.63, 3.8) is 0 Å². The zero-order valence-electron chi connectivity index (χ0n) is 7.94. The molecule has 0 amide bonds. The van der Waals surface area contributed by atoms with E-state index in [-0.39, 0.29) is 11.3 Å². The van der Waals surface area contributed by atoms with Crippen molar-refractivity contribution in [1.29, 1.82) is 0 Å². The molecule has 0 unspecified atom stereocenters. The molecule has 1 heterocycles. The fourth-order valence-corrected chi connectivity index (χ4v) is 1.14. The van der Waals surface area contributed by atoms with Gasteiger partial charge in [0.1, 0.15) is 6.33 Å². The van der Waals surface area contributed by atoms with Crippen LogP contribution in [0.25, 0.3) is 0 Å². The van der Waals surface area contributed by atoms with Crippen molar-refractivity contribution in [3.8, 4) is 0 Å². The lowest BCUT2D eigenvalue weighted by molar-refractivity contribution is -0.143. The summed E-state index contributed by atoms with van der Waals surface area (Å²) < 4.78 is 6.37. The van der Waals surface area contributed by atoms with E-state index >= 15 is 0 Å². The van der Waals surface area contributed by atoms with E-state index in [2.05, 4.69) is 10.1 Å². The van der Waals surface area contributed by atoms with E-state index in [0.29, 0.717) is 26.0 Å². The first-order chi connectivity index (χ1) is 6.72. The molecule has 0 aliphatic carbocycles. The van der Waals surface area contributed by atoms with Crippen LogP contribution >= 0.6 is 11.6 Å². The van der Waals surface area contributed by atoms with E-state index in [1.807, 2.05) is 0 Å². The van der Waals surface area contributed by atoms with Gasteiger partial charge in [-0.3, -0.25) is 9.48 Å². The number of carbonyl (C=O) groups is 1. The van der Waals surface area contributed by atoms with E-state index in [9.17, 15) is 4.79 Å². The number of hydrogen-bond donors (Lipinski definition) is 0. The zero-order chi connectivity index (χ0) is 10.4. The fraction of sp³-hybridized carbons (Fsp3) is 0.625. The summed E-state index contributed by atoms with van der Waals surface area (Å²) in [5.74, 6) is -0.182. The number of halogens is 1. The summed E-state index contributed by atoms with van der Waals surface area (Å²) in [6.45, 7) is 2.83. The van der Waals surface area contributed by atoms with Crippen LogP contribution < -0.4 is 0 Å². The molecule has 1 aromatic rings. The van der Waals surface area contributed by atoms with Crippen molar-refractivity contribution in [1.82, 2.24) is 14.8 Å². The highest BCUT2D eigenvalue weighted by molar-refractivity contribution is 6.28. The molecular weight excluding hydrogens is 206 g/mol. The second-order valence-electron chi connectivity index (χ2n) is 2.69. The van der Waals surface area contributed by atoms with Crippen molar-refractivity contribution in [3.05, 3.63) is 11.6 Å². The van der Waals surface area contributed by atoms with Gasteiger partial charge in [-0.15, -0.1) is 5.10 Å². The molecule has 14 heavy (non-hydrogen) atoms. The molecule has 0 bridgehead atoms. The maximum absolute atomic E-state index is 10.9. The Morgan fingerprint density at radius 3 is 3.07 bits per heavy atom. The van der Waals surface area contributed by atoms with Crippen LogP contribution in [0.2, 0.25) is 5.28 Å². The monoisotopic (exact) mass is 217 g/mol. The van der Waals surface area contributed by atoms with E-state index in [4.69, 9.17) is 16.3 Å². The number of carbonyl (C=O) groups excluding carboxylic acids is 1. The Bertz CT molecular complexity index is 301. The SMILES string of the molecule is CCOC(=O)CCCn1cnc(Cl)n1. The predicted octanol–water partition coefficient (Wildman–Crippen LogP) is 1.27. The fourth-order valence-electron chi connectivity index (χ4n) is 0.998. The van der Waals surface area contributed by atoms with Gasteiger partial charge in [-0.1, -0.05) is 0 Å². The first-order valence-corrected chi connectivity index (χ1v) is 4.80. The topological polar surface area (TPSA) is 57.0 Å². The van der Waals surface area contributed by atoms with Gasteiger partial charge in [-0.25, -0.2) is 4.98 Å². The molecular formula is C8H12ClN3O2. The van der Waals surface area contributed by atoms with Gasteiger partial charge in [-0.2, -0.15) is 0 Å². The largest absolute Gasteiger partial charge is 0.466 e. The van der Waals surface area contributed by atoms with Gasteiger partial charge in [0.05, 0.1) is 6.61 Å². The van der Waals surface area contributed by atoms with E-state index < -0.39 is 0 Å². The molecule has 6 heteroatoms. The van der Waals surface area contributed by atoms with Gasteiger partial charge in [0.2, 0.25) is 5.28 Å². The minimum absolute atomic E-state index is 0.182.